The molecule has 1 saturated carbocycles. The second-order valence-corrected chi connectivity index (χ2v) is 15.6. The average Bonchev–Trinajstić information content (AvgIpc) is 3.87. The van der Waals surface area contributed by atoms with Crippen molar-refractivity contribution < 1.29 is 52.7 Å². The number of rotatable bonds is 11. The van der Waals surface area contributed by atoms with E-state index < -0.39 is 65.6 Å². The van der Waals surface area contributed by atoms with Crippen molar-refractivity contribution in [2.45, 2.75) is 121 Å². The van der Waals surface area contributed by atoms with E-state index in [1.165, 1.54) is 19.8 Å². The summed E-state index contributed by atoms with van der Waals surface area (Å²) < 4.78 is 36.0. The van der Waals surface area contributed by atoms with Crippen LogP contribution in [0.25, 0.3) is 0 Å². The van der Waals surface area contributed by atoms with Crippen LogP contribution in [0.1, 0.15) is 69.6 Å². The molecule has 2 bridgehead atoms. The number of ether oxygens (including phenoxy) is 6. The zero-order valence-corrected chi connectivity index (χ0v) is 31.7. The second kappa shape index (κ2) is 15.2. The van der Waals surface area contributed by atoms with Gasteiger partial charge in [0.1, 0.15) is 5.75 Å². The number of piperidine rings is 1. The van der Waals surface area contributed by atoms with Gasteiger partial charge >= 0.3 is 23.9 Å². The monoisotopic (exact) mass is 752 g/mol. The van der Waals surface area contributed by atoms with E-state index in [9.17, 15) is 24.3 Å². The van der Waals surface area contributed by atoms with Crippen molar-refractivity contribution in [2.24, 2.45) is 5.92 Å². The number of methoxy groups -OCH3 is 1. The van der Waals surface area contributed by atoms with Gasteiger partial charge in [-0.15, -0.1) is 0 Å². The van der Waals surface area contributed by atoms with Crippen LogP contribution in [-0.4, -0.2) is 131 Å². The Hall–Kier alpha value is -4.05. The summed E-state index contributed by atoms with van der Waals surface area (Å²) in [4.78, 5) is 54.9. The summed E-state index contributed by atoms with van der Waals surface area (Å²) >= 11 is 0. The number of esters is 4. The van der Waals surface area contributed by atoms with Crippen LogP contribution in [0.4, 0.5) is 0 Å². The van der Waals surface area contributed by atoms with Gasteiger partial charge in [0.2, 0.25) is 12.4 Å². The Bertz CT molecular complexity index is 1750. The normalized spacial score (nSPS) is 32.3. The smallest absolute Gasteiger partial charge is 0.339 e. The van der Waals surface area contributed by atoms with E-state index in [1.807, 2.05) is 36.1 Å². The molecule has 4 fully saturated rings. The fourth-order valence-electron chi connectivity index (χ4n) is 9.34. The molecule has 2 aromatic rings. The first-order valence-electron chi connectivity index (χ1n) is 19.0. The Balaban J connectivity index is 1.22. The Morgan fingerprint density at radius 3 is 2.28 bits per heavy atom. The quantitative estimate of drug-likeness (QED) is 0.262. The molecule has 3 aliphatic heterocycles. The molecule has 294 valence electrons. The third-order valence-electron chi connectivity index (χ3n) is 12.0. The molecule has 0 radical (unpaired) electrons. The minimum absolute atomic E-state index is 0.0293. The molecule has 54 heavy (non-hydrogen) atoms. The van der Waals surface area contributed by atoms with Crippen molar-refractivity contribution in [1.82, 2.24) is 19.6 Å². The Morgan fingerprint density at radius 2 is 1.61 bits per heavy atom. The highest BCUT2D eigenvalue weighted by molar-refractivity contribution is 5.77. The van der Waals surface area contributed by atoms with E-state index in [2.05, 4.69) is 14.9 Å². The predicted octanol–water partition coefficient (Wildman–Crippen LogP) is 2.07. The molecule has 15 nitrogen and oxygen atoms in total. The van der Waals surface area contributed by atoms with Gasteiger partial charge in [0.25, 0.3) is 0 Å². The summed E-state index contributed by atoms with van der Waals surface area (Å²) in [6, 6.07) is 5.74. The highest BCUT2D eigenvalue weighted by atomic mass is 16.7. The van der Waals surface area contributed by atoms with Gasteiger partial charge in [0, 0.05) is 58.1 Å². The minimum atomic E-state index is -1.57. The largest absolute Gasteiger partial charge is 0.467 e. The molecule has 4 heterocycles. The molecule has 5 unspecified atom stereocenters. The molecule has 1 aromatic heterocycles. The van der Waals surface area contributed by atoms with Crippen molar-refractivity contribution in [3.63, 3.8) is 0 Å². The van der Waals surface area contributed by atoms with E-state index in [0.29, 0.717) is 24.5 Å². The van der Waals surface area contributed by atoms with Crippen LogP contribution in [0.5, 0.6) is 5.75 Å². The van der Waals surface area contributed by atoms with Crippen LogP contribution in [0, 0.1) is 12.8 Å². The number of nitrogens with zero attached hydrogens (tertiary/aromatic N) is 4. The molecule has 0 amide bonds. The van der Waals surface area contributed by atoms with Gasteiger partial charge in [-0.2, -0.15) is 5.10 Å². The summed E-state index contributed by atoms with van der Waals surface area (Å²) in [6.07, 6.45) is 1.76. The number of aliphatic hydroxyl groups is 1. The van der Waals surface area contributed by atoms with Crippen molar-refractivity contribution in [2.75, 3.05) is 39.8 Å². The first-order chi connectivity index (χ1) is 25.8. The van der Waals surface area contributed by atoms with Gasteiger partial charge < -0.3 is 38.4 Å². The topological polar surface area (TPSA) is 168 Å². The highest BCUT2D eigenvalue weighted by Crippen LogP contribution is 2.57. The van der Waals surface area contributed by atoms with Crippen molar-refractivity contribution in [1.29, 1.82) is 0 Å². The van der Waals surface area contributed by atoms with Gasteiger partial charge in [0.05, 0.1) is 25.5 Å². The van der Waals surface area contributed by atoms with Crippen molar-refractivity contribution >= 4 is 23.9 Å². The number of hydrogen-bond donors (Lipinski definition) is 1. The zero-order valence-electron chi connectivity index (χ0n) is 31.7. The van der Waals surface area contributed by atoms with Crippen LogP contribution in [0.15, 0.2) is 30.6 Å². The summed E-state index contributed by atoms with van der Waals surface area (Å²) in [5.74, 6) is -2.16. The predicted molar refractivity (Wildman–Crippen MR) is 190 cm³/mol. The van der Waals surface area contributed by atoms with Crippen LogP contribution in [-0.2, 0) is 61.2 Å². The molecule has 5 aliphatic rings. The van der Waals surface area contributed by atoms with Gasteiger partial charge in [-0.05, 0) is 93.3 Å². The lowest BCUT2D eigenvalue weighted by Gasteiger charge is -2.61. The van der Waals surface area contributed by atoms with Crippen LogP contribution >= 0.6 is 0 Å². The molecule has 7 rings (SSSR count). The molecule has 2 aliphatic carbocycles. The fourth-order valence-corrected chi connectivity index (χ4v) is 9.34. The number of aromatic nitrogens is 2. The van der Waals surface area contributed by atoms with E-state index >= 15 is 0 Å². The third-order valence-corrected chi connectivity index (χ3v) is 12.0. The van der Waals surface area contributed by atoms with E-state index in [1.54, 1.807) is 6.07 Å². The maximum atomic E-state index is 13.1. The maximum Gasteiger partial charge on any atom is 0.339 e. The van der Waals surface area contributed by atoms with Crippen LogP contribution < -0.4 is 4.74 Å². The third kappa shape index (κ3) is 7.47. The molecular formula is C39H52N4O11. The van der Waals surface area contributed by atoms with Crippen molar-refractivity contribution in [3.05, 3.63) is 47.3 Å². The standard InChI is InChI=1S/C39H52N4O11/c1-23-20-40-43(21-23)17-16-41-13-10-38-11-15-42(22-27-6-7-27)31(39(38,48)12-14-41)18-28-8-9-29(19-30(28)38)53-37-35(52-26(4)46)33(51-25(3)45)32(50-24(2)44)34(54-37)36(47)49-5/h8-9,19-21,27,31-35,37,48H,6-7,10-18,22H2,1-5H3/t31-,32?,33?,34?,35?,37?,38+,39-/m1/s1. The number of carbonyl (C=O) groups is 4. The number of hydrogen-bond acceptors (Lipinski definition) is 14. The number of likely N-dealkylation sites (tertiary alicyclic amines) is 2. The lowest BCUT2D eigenvalue weighted by Crippen LogP contribution is -2.71. The minimum Gasteiger partial charge on any atom is -0.467 e. The summed E-state index contributed by atoms with van der Waals surface area (Å²) in [6.45, 7) is 10.5. The molecule has 1 N–H and O–H groups in total. The molecule has 3 saturated heterocycles. The first-order valence-corrected chi connectivity index (χ1v) is 19.0. The summed E-state index contributed by atoms with van der Waals surface area (Å²) in [7, 11) is 1.14. The van der Waals surface area contributed by atoms with Crippen LogP contribution in [0.3, 0.4) is 0 Å². The fraction of sp³-hybridized carbons (Fsp3) is 0.667. The Labute approximate surface area is 315 Å². The second-order valence-electron chi connectivity index (χ2n) is 15.6. The maximum absolute atomic E-state index is 13.1. The van der Waals surface area contributed by atoms with E-state index in [0.717, 1.165) is 89.8 Å². The van der Waals surface area contributed by atoms with Gasteiger partial charge in [-0.3, -0.25) is 24.0 Å². The number of carbonyl (C=O) groups excluding carboxylic acids is 4. The highest BCUT2D eigenvalue weighted by Gasteiger charge is 2.63. The van der Waals surface area contributed by atoms with Crippen LogP contribution in [0.2, 0.25) is 0 Å². The summed E-state index contributed by atoms with van der Waals surface area (Å²) in [5.41, 5.74) is 1.69. The summed E-state index contributed by atoms with van der Waals surface area (Å²) in [5, 5.41) is 17.6. The molecule has 1 aromatic carbocycles. The van der Waals surface area contributed by atoms with E-state index in [-0.39, 0.29) is 6.04 Å². The van der Waals surface area contributed by atoms with Crippen molar-refractivity contribution in [3.8, 4) is 5.75 Å². The Kier molecular flexibility index (Phi) is 10.8. The molecular weight excluding hydrogens is 700 g/mol. The van der Waals surface area contributed by atoms with Gasteiger partial charge in [-0.1, -0.05) is 6.07 Å². The lowest BCUT2D eigenvalue weighted by molar-refractivity contribution is -0.282. The SMILES string of the molecule is COC(=O)C1OC(Oc2ccc3c(c2)[C@@]24CCN(CCn5cc(C)cn5)CC[C@@]2(O)[C@@H](C3)N(CC2CC2)CC4)C(OC(C)=O)C(OC(C)=O)C1OC(C)=O. The molecule has 0 spiro atoms. The molecule has 8 atom stereocenters. The van der Waals surface area contributed by atoms with E-state index in [4.69, 9.17) is 28.4 Å². The Morgan fingerprint density at radius 1 is 0.926 bits per heavy atom. The first kappa shape index (κ1) is 38.2. The average molecular weight is 753 g/mol. The van der Waals surface area contributed by atoms with Gasteiger partial charge in [0.15, 0.2) is 18.3 Å². The zero-order chi connectivity index (χ0) is 38.4. The lowest BCUT2D eigenvalue weighted by atomic mass is 9.52. The van der Waals surface area contributed by atoms with Gasteiger partial charge in [-0.25, -0.2) is 4.79 Å². The molecule has 15 heteroatoms. The number of aryl methyl sites for hydroxylation is 1. The number of fused-ring (bicyclic) bond motifs is 1. The number of benzene rings is 1.